The third-order valence-corrected chi connectivity index (χ3v) is 5.79. The van der Waals surface area contributed by atoms with E-state index in [1.54, 1.807) is 4.90 Å². The second-order valence-corrected chi connectivity index (χ2v) is 7.86. The normalized spacial score (nSPS) is 19.2. The second-order valence-electron chi connectivity index (χ2n) is 6.18. The van der Waals surface area contributed by atoms with Gasteiger partial charge in [-0.25, -0.2) is 0 Å². The molecule has 2 aliphatic rings. The maximum absolute atomic E-state index is 12.9. The van der Waals surface area contributed by atoms with Crippen molar-refractivity contribution in [3.8, 4) is 5.75 Å². The molecule has 1 saturated heterocycles. The van der Waals surface area contributed by atoms with Gasteiger partial charge in [0.15, 0.2) is 0 Å². The summed E-state index contributed by atoms with van der Waals surface area (Å²) >= 11 is 6.83. The Balaban J connectivity index is 1.60. The highest BCUT2D eigenvalue weighted by molar-refractivity contribution is 8.26. The minimum atomic E-state index is -0.0908. The van der Waals surface area contributed by atoms with Gasteiger partial charge in [-0.3, -0.25) is 9.69 Å². The molecule has 0 aliphatic carbocycles. The van der Waals surface area contributed by atoms with Crippen LogP contribution in [0.4, 0.5) is 0 Å². The molecule has 1 fully saturated rings. The number of para-hydroxylation sites is 1. The fraction of sp³-hybridized carbons (Fsp3) is 0.143. The van der Waals surface area contributed by atoms with Crippen molar-refractivity contribution < 1.29 is 9.53 Å². The summed E-state index contributed by atoms with van der Waals surface area (Å²) in [6.07, 6.45) is 3.96. The van der Waals surface area contributed by atoms with Crippen molar-refractivity contribution in [3.05, 3.63) is 82.3 Å². The van der Waals surface area contributed by atoms with Crippen LogP contribution in [0.5, 0.6) is 5.75 Å². The highest BCUT2D eigenvalue weighted by Crippen LogP contribution is 2.38. The van der Waals surface area contributed by atoms with E-state index in [9.17, 15) is 4.79 Å². The third-order valence-electron chi connectivity index (χ3n) is 4.46. The average molecular weight is 380 g/mol. The number of nitrogens with zero attached hydrogens (tertiary/aromatic N) is 1. The monoisotopic (exact) mass is 379 g/mol. The van der Waals surface area contributed by atoms with Crippen LogP contribution in [0.3, 0.4) is 0 Å². The van der Waals surface area contributed by atoms with E-state index in [1.807, 2.05) is 67.6 Å². The molecular formula is C21H17NO2S2. The van der Waals surface area contributed by atoms with Crippen molar-refractivity contribution in [2.45, 2.75) is 13.0 Å². The molecule has 0 bridgehead atoms. The number of thiocarbonyl (C=S) groups is 1. The summed E-state index contributed by atoms with van der Waals surface area (Å²) < 4.78 is 6.37. The van der Waals surface area contributed by atoms with E-state index in [2.05, 4.69) is 6.08 Å². The second kappa shape index (κ2) is 7.09. The number of benzene rings is 2. The summed E-state index contributed by atoms with van der Waals surface area (Å²) in [5.74, 6) is 0.825. The van der Waals surface area contributed by atoms with Crippen molar-refractivity contribution >= 4 is 40.3 Å². The lowest BCUT2D eigenvalue weighted by molar-refractivity contribution is -0.123. The van der Waals surface area contributed by atoms with E-state index >= 15 is 0 Å². The van der Waals surface area contributed by atoms with E-state index < -0.39 is 0 Å². The number of hydrogen-bond donors (Lipinski definition) is 0. The van der Waals surface area contributed by atoms with Crippen LogP contribution in [0.15, 0.2) is 71.2 Å². The molecule has 1 amide bonds. The van der Waals surface area contributed by atoms with Gasteiger partial charge in [-0.2, -0.15) is 0 Å². The van der Waals surface area contributed by atoms with Crippen LogP contribution in [0, 0.1) is 0 Å². The van der Waals surface area contributed by atoms with Crippen molar-refractivity contribution in [2.75, 3.05) is 6.61 Å². The van der Waals surface area contributed by atoms with Gasteiger partial charge in [0.05, 0.1) is 10.9 Å². The van der Waals surface area contributed by atoms with Crippen LogP contribution in [-0.2, 0) is 4.79 Å². The summed E-state index contributed by atoms with van der Waals surface area (Å²) in [4.78, 5) is 15.3. The zero-order valence-corrected chi connectivity index (χ0v) is 15.8. The quantitative estimate of drug-likeness (QED) is 0.556. The Kier molecular flexibility index (Phi) is 4.66. The van der Waals surface area contributed by atoms with Crippen molar-refractivity contribution in [2.24, 2.45) is 0 Å². The molecule has 2 aromatic rings. The maximum atomic E-state index is 12.9. The Morgan fingerprint density at radius 2 is 1.88 bits per heavy atom. The summed E-state index contributed by atoms with van der Waals surface area (Å²) in [7, 11) is 0. The van der Waals surface area contributed by atoms with Gasteiger partial charge in [-0.1, -0.05) is 72.5 Å². The Morgan fingerprint density at radius 3 is 2.69 bits per heavy atom. The Hall–Kier alpha value is -2.37. The smallest absolute Gasteiger partial charge is 0.266 e. The van der Waals surface area contributed by atoms with Crippen LogP contribution in [0.1, 0.15) is 24.1 Å². The molecule has 2 aliphatic heterocycles. The lowest BCUT2D eigenvalue weighted by Crippen LogP contribution is -2.31. The highest BCUT2D eigenvalue weighted by atomic mass is 32.2. The van der Waals surface area contributed by atoms with Crippen LogP contribution in [0.25, 0.3) is 6.08 Å². The van der Waals surface area contributed by atoms with E-state index in [0.717, 1.165) is 22.4 Å². The standard InChI is InChI=1S/C21H17NO2S2/c1-14(16-7-3-2-4-8-16)22-20(23)19(26-21(22)25)12-15-11-17-9-5-6-10-18(17)24-13-15/h2-12,14H,13H2,1H3/b19-12+/t14-/m0/s1. The molecule has 0 spiro atoms. The van der Waals surface area contributed by atoms with Crippen molar-refractivity contribution in [1.82, 2.24) is 4.90 Å². The van der Waals surface area contributed by atoms with Gasteiger partial charge >= 0.3 is 0 Å². The number of amides is 1. The van der Waals surface area contributed by atoms with E-state index in [0.29, 0.717) is 15.8 Å². The van der Waals surface area contributed by atoms with Crippen molar-refractivity contribution in [1.29, 1.82) is 0 Å². The lowest BCUT2D eigenvalue weighted by atomic mass is 10.1. The maximum Gasteiger partial charge on any atom is 0.266 e. The number of rotatable bonds is 3. The highest BCUT2D eigenvalue weighted by Gasteiger charge is 2.36. The first kappa shape index (κ1) is 17.1. The molecule has 0 aromatic heterocycles. The fourth-order valence-corrected chi connectivity index (χ4v) is 4.51. The Labute approximate surface area is 162 Å². The SMILES string of the molecule is C[C@@H](c1ccccc1)N1C(=O)/C(=C\C2=Cc3ccccc3OC2)SC1=S. The predicted octanol–water partition coefficient (Wildman–Crippen LogP) is 4.97. The van der Waals surface area contributed by atoms with Crippen molar-refractivity contribution in [3.63, 3.8) is 0 Å². The molecular weight excluding hydrogens is 362 g/mol. The molecule has 4 rings (SSSR count). The van der Waals surface area contributed by atoms with Gasteiger partial charge in [0, 0.05) is 5.56 Å². The molecule has 130 valence electrons. The first-order valence-electron chi connectivity index (χ1n) is 8.38. The molecule has 0 radical (unpaired) electrons. The Bertz CT molecular complexity index is 934. The molecule has 2 heterocycles. The molecule has 0 N–H and O–H groups in total. The topological polar surface area (TPSA) is 29.5 Å². The van der Waals surface area contributed by atoms with Gasteiger partial charge in [0.1, 0.15) is 16.7 Å². The molecule has 3 nitrogen and oxygen atoms in total. The molecule has 26 heavy (non-hydrogen) atoms. The summed E-state index contributed by atoms with van der Waals surface area (Å²) in [5.41, 5.74) is 3.06. The zero-order chi connectivity index (χ0) is 18.1. The van der Waals surface area contributed by atoms with Gasteiger partial charge in [-0.15, -0.1) is 0 Å². The third kappa shape index (κ3) is 3.20. The first-order valence-corrected chi connectivity index (χ1v) is 9.60. The van der Waals surface area contributed by atoms with Gasteiger partial charge < -0.3 is 4.74 Å². The van der Waals surface area contributed by atoms with Crippen LogP contribution >= 0.6 is 24.0 Å². The summed E-state index contributed by atoms with van der Waals surface area (Å²) in [6.45, 7) is 2.46. The van der Waals surface area contributed by atoms with Crippen LogP contribution in [-0.4, -0.2) is 21.7 Å². The molecule has 1 atom stereocenters. The number of thioether (sulfide) groups is 1. The summed E-state index contributed by atoms with van der Waals surface area (Å²) in [6, 6.07) is 17.7. The van der Waals surface area contributed by atoms with Gasteiger partial charge in [-0.05, 0) is 36.3 Å². The minimum Gasteiger partial charge on any atom is -0.488 e. The largest absolute Gasteiger partial charge is 0.488 e. The zero-order valence-electron chi connectivity index (χ0n) is 14.2. The molecule has 0 unspecified atom stereocenters. The molecule has 2 aromatic carbocycles. The fourth-order valence-electron chi connectivity index (χ4n) is 3.08. The number of carbonyl (C=O) groups is 1. The van der Waals surface area contributed by atoms with Gasteiger partial charge in [0.2, 0.25) is 0 Å². The number of fused-ring (bicyclic) bond motifs is 1. The van der Waals surface area contributed by atoms with Crippen LogP contribution < -0.4 is 4.74 Å². The predicted molar refractivity (Wildman–Crippen MR) is 110 cm³/mol. The molecule has 5 heteroatoms. The summed E-state index contributed by atoms with van der Waals surface area (Å²) in [5, 5.41) is 0. The minimum absolute atomic E-state index is 0.0453. The lowest BCUT2D eigenvalue weighted by Gasteiger charge is -2.23. The van der Waals surface area contributed by atoms with Crippen LogP contribution in [0.2, 0.25) is 0 Å². The van der Waals surface area contributed by atoms with E-state index in [4.69, 9.17) is 17.0 Å². The molecule has 0 saturated carbocycles. The first-order chi connectivity index (χ1) is 12.6. The van der Waals surface area contributed by atoms with Gasteiger partial charge in [0.25, 0.3) is 5.91 Å². The number of carbonyl (C=O) groups excluding carboxylic acids is 1. The average Bonchev–Trinajstić information content (AvgIpc) is 2.95. The number of hydrogen-bond acceptors (Lipinski definition) is 4. The van der Waals surface area contributed by atoms with E-state index in [-0.39, 0.29) is 11.9 Å². The van der Waals surface area contributed by atoms with E-state index in [1.165, 1.54) is 11.8 Å². The Morgan fingerprint density at radius 1 is 1.15 bits per heavy atom. The number of ether oxygens (including phenoxy) is 1.